The second kappa shape index (κ2) is 9.03. The van der Waals surface area contributed by atoms with E-state index in [1.54, 1.807) is 30.6 Å². The van der Waals surface area contributed by atoms with Crippen LogP contribution in [0.3, 0.4) is 0 Å². The Labute approximate surface area is 178 Å². The fourth-order valence-corrected chi connectivity index (χ4v) is 2.89. The van der Waals surface area contributed by atoms with Gasteiger partial charge < -0.3 is 16.0 Å². The van der Waals surface area contributed by atoms with Crippen LogP contribution < -0.4 is 10.6 Å². The smallest absolute Gasteiger partial charge is 0.417 e. The topological polar surface area (TPSA) is 71.1 Å². The molecule has 1 aromatic heterocycles. The molecule has 0 radical (unpaired) electrons. The third-order valence-electron chi connectivity index (χ3n) is 4.61. The Bertz CT molecular complexity index is 1070. The predicted molar refractivity (Wildman–Crippen MR) is 113 cm³/mol. The highest BCUT2D eigenvalue weighted by Crippen LogP contribution is 2.30. The molecule has 9 heteroatoms. The minimum absolute atomic E-state index is 0.125. The first-order valence-electron chi connectivity index (χ1n) is 9.49. The van der Waals surface area contributed by atoms with E-state index in [1.165, 1.54) is 6.92 Å². The van der Waals surface area contributed by atoms with E-state index < -0.39 is 17.6 Å². The summed E-state index contributed by atoms with van der Waals surface area (Å²) in [5.74, 6) is -0.656. The third kappa shape index (κ3) is 5.71. The number of allylic oxidation sites excluding steroid dienone is 1. The van der Waals surface area contributed by atoms with Crippen molar-refractivity contribution < 1.29 is 22.5 Å². The molecule has 0 saturated heterocycles. The van der Waals surface area contributed by atoms with E-state index in [-0.39, 0.29) is 17.3 Å². The van der Waals surface area contributed by atoms with Crippen LogP contribution in [0.5, 0.6) is 0 Å². The molecule has 0 spiro atoms. The van der Waals surface area contributed by atoms with Crippen molar-refractivity contribution in [2.24, 2.45) is 0 Å². The summed E-state index contributed by atoms with van der Waals surface area (Å²) >= 11 is 0. The molecule has 1 aliphatic heterocycles. The lowest BCUT2D eigenvalue weighted by Crippen LogP contribution is -2.21. The number of carbonyl (C=O) groups excluding carboxylic acids is 1. The molecule has 3 rings (SSSR count). The highest BCUT2D eigenvalue weighted by atomic mass is 19.4. The van der Waals surface area contributed by atoms with Crippen LogP contribution in [0.15, 0.2) is 60.8 Å². The maximum Gasteiger partial charge on any atom is 0.417 e. The normalized spacial score (nSPS) is 14.4. The van der Waals surface area contributed by atoms with Crippen LogP contribution in [0.2, 0.25) is 0 Å². The van der Waals surface area contributed by atoms with Gasteiger partial charge in [0.25, 0.3) is 5.91 Å². The number of anilines is 1. The van der Waals surface area contributed by atoms with Crippen molar-refractivity contribution in [3.8, 4) is 0 Å². The minimum atomic E-state index is -4.57. The standard InChI is InChI=1S/C22H22F3N5O/c1-14(26-7-8-27-19-12-30(3)13-19)16-5-4-6-18(9-16)29-21(31)20-10-17(22(23,24)25)11-28-15(20)2/h4-14,27H,1-3H3,(H,29,31). The summed E-state index contributed by atoms with van der Waals surface area (Å²) in [6, 6.07) is 7.63. The van der Waals surface area contributed by atoms with Crippen molar-refractivity contribution in [2.75, 3.05) is 12.4 Å². The first kappa shape index (κ1) is 22.1. The fourth-order valence-electron chi connectivity index (χ4n) is 2.89. The van der Waals surface area contributed by atoms with E-state index in [1.807, 2.05) is 37.0 Å². The van der Waals surface area contributed by atoms with Crippen molar-refractivity contribution >= 4 is 17.8 Å². The molecule has 2 aromatic rings. The number of aryl methyl sites for hydroxylation is 1. The molecule has 0 saturated carbocycles. The van der Waals surface area contributed by atoms with Gasteiger partial charge in [-0.25, -0.2) is 4.58 Å². The molecule has 2 N–H and O–H groups in total. The number of amides is 1. The van der Waals surface area contributed by atoms with Crippen LogP contribution >= 0.6 is 0 Å². The number of halogens is 3. The zero-order valence-corrected chi connectivity index (χ0v) is 17.2. The van der Waals surface area contributed by atoms with Crippen molar-refractivity contribution in [2.45, 2.75) is 26.1 Å². The Morgan fingerprint density at radius 1 is 1.29 bits per heavy atom. The minimum Gasteiger partial charge on any atom is -0.683 e. The van der Waals surface area contributed by atoms with Crippen molar-refractivity contribution in [1.29, 1.82) is 0 Å². The van der Waals surface area contributed by atoms with Gasteiger partial charge in [-0.15, -0.1) is 0 Å². The number of pyridine rings is 1. The highest BCUT2D eigenvalue weighted by Gasteiger charge is 2.32. The van der Waals surface area contributed by atoms with Crippen LogP contribution in [0.4, 0.5) is 18.9 Å². The monoisotopic (exact) mass is 429 g/mol. The molecule has 31 heavy (non-hydrogen) atoms. The van der Waals surface area contributed by atoms with E-state index in [2.05, 4.69) is 20.9 Å². The van der Waals surface area contributed by atoms with Crippen molar-refractivity contribution in [3.05, 3.63) is 88.5 Å². The lowest BCUT2D eigenvalue weighted by molar-refractivity contribution is -0.429. The largest absolute Gasteiger partial charge is 0.683 e. The summed E-state index contributed by atoms with van der Waals surface area (Å²) in [4.78, 5) is 16.3. The summed E-state index contributed by atoms with van der Waals surface area (Å²) < 4.78 is 40.8. The average Bonchev–Trinajstić information content (AvgIpc) is 2.69. The number of hydrogen-bond donors (Lipinski definition) is 2. The van der Waals surface area contributed by atoms with Gasteiger partial charge in [0.05, 0.1) is 16.8 Å². The Balaban J connectivity index is 1.64. The van der Waals surface area contributed by atoms with Gasteiger partial charge in [-0.1, -0.05) is 30.7 Å². The van der Waals surface area contributed by atoms with E-state index in [0.717, 1.165) is 23.5 Å². The van der Waals surface area contributed by atoms with Gasteiger partial charge >= 0.3 is 6.18 Å². The highest BCUT2D eigenvalue weighted by molar-refractivity contribution is 6.05. The quantitative estimate of drug-likeness (QED) is 0.626. The summed E-state index contributed by atoms with van der Waals surface area (Å²) in [6.07, 6.45) is 3.39. The number of hydrogen-bond acceptors (Lipinski definition) is 3. The molecular weight excluding hydrogens is 407 g/mol. The lowest BCUT2D eigenvalue weighted by atomic mass is 10.1. The number of nitrogens with one attached hydrogen (secondary N) is 2. The zero-order valence-electron chi connectivity index (χ0n) is 17.2. The molecule has 6 nitrogen and oxygen atoms in total. The van der Waals surface area contributed by atoms with Crippen LogP contribution in [0, 0.1) is 6.92 Å². The Kier molecular flexibility index (Phi) is 6.43. The molecule has 0 bridgehead atoms. The first-order chi connectivity index (χ1) is 14.6. The molecule has 1 unspecified atom stereocenters. The molecule has 1 aliphatic rings. The number of rotatable bonds is 7. The number of carbonyl (C=O) groups is 1. The molecular formula is C22H22F3N5O. The summed E-state index contributed by atoms with van der Waals surface area (Å²) in [7, 11) is 1.93. The van der Waals surface area contributed by atoms with Crippen LogP contribution in [-0.2, 0) is 6.18 Å². The van der Waals surface area contributed by atoms with Crippen LogP contribution in [-0.4, -0.2) is 28.7 Å². The molecule has 1 atom stereocenters. The van der Waals surface area contributed by atoms with Gasteiger partial charge in [0.2, 0.25) is 0 Å². The molecule has 162 valence electrons. The van der Waals surface area contributed by atoms with Crippen molar-refractivity contribution in [3.63, 3.8) is 0 Å². The van der Waals surface area contributed by atoms with Gasteiger partial charge in [-0.05, 0) is 31.3 Å². The van der Waals surface area contributed by atoms with E-state index in [0.29, 0.717) is 5.69 Å². The summed E-state index contributed by atoms with van der Waals surface area (Å²) in [5.41, 5.74) is 1.40. The molecule has 0 aliphatic carbocycles. The van der Waals surface area contributed by atoms with E-state index >= 15 is 0 Å². The maximum atomic E-state index is 12.9. The van der Waals surface area contributed by atoms with Crippen LogP contribution in [0.1, 0.15) is 40.1 Å². The number of aromatic nitrogens is 1. The molecule has 2 heterocycles. The zero-order chi connectivity index (χ0) is 22.6. The third-order valence-corrected chi connectivity index (χ3v) is 4.61. The van der Waals surface area contributed by atoms with Crippen molar-refractivity contribution in [1.82, 2.24) is 10.3 Å². The first-order valence-corrected chi connectivity index (χ1v) is 9.49. The molecule has 1 aromatic carbocycles. The van der Waals surface area contributed by atoms with Gasteiger partial charge in [-0.2, -0.15) is 19.4 Å². The van der Waals surface area contributed by atoms with Gasteiger partial charge in [0.15, 0.2) is 18.1 Å². The van der Waals surface area contributed by atoms with E-state index in [4.69, 9.17) is 0 Å². The Morgan fingerprint density at radius 2 is 2.03 bits per heavy atom. The maximum absolute atomic E-state index is 12.9. The Hall–Kier alpha value is -3.62. The molecule has 0 fully saturated rings. The Morgan fingerprint density at radius 3 is 2.71 bits per heavy atom. The van der Waals surface area contributed by atoms with Gasteiger partial charge in [0.1, 0.15) is 7.05 Å². The van der Waals surface area contributed by atoms with Crippen LogP contribution in [0.25, 0.3) is 5.32 Å². The van der Waals surface area contributed by atoms with Gasteiger partial charge in [0, 0.05) is 11.9 Å². The lowest BCUT2D eigenvalue weighted by Gasteiger charge is -2.26. The SMILES string of the molecule is Cc1ncc(C(F)(F)F)cc1C(=O)Nc1cccc(C(C)[N-]C=CNC2=C[N+](C)=C2)c1. The average molecular weight is 429 g/mol. The number of alkyl halides is 3. The second-order valence-corrected chi connectivity index (χ2v) is 7.10. The number of nitrogens with zero attached hydrogens (tertiary/aromatic N) is 3. The fraction of sp³-hybridized carbons (Fsp3) is 0.227. The number of benzene rings is 1. The summed E-state index contributed by atoms with van der Waals surface area (Å²) in [6.45, 7) is 3.39. The summed E-state index contributed by atoms with van der Waals surface area (Å²) in [5, 5.41) is 10.1. The molecule has 1 amide bonds. The second-order valence-electron chi connectivity index (χ2n) is 7.10. The van der Waals surface area contributed by atoms with E-state index in [9.17, 15) is 18.0 Å². The predicted octanol–water partition coefficient (Wildman–Crippen LogP) is 4.72. The van der Waals surface area contributed by atoms with Gasteiger partial charge in [-0.3, -0.25) is 9.78 Å².